The van der Waals surface area contributed by atoms with E-state index in [0.717, 1.165) is 28.3 Å². The maximum absolute atomic E-state index is 5.34. The second-order valence-corrected chi connectivity index (χ2v) is 5.68. The first-order valence-corrected chi connectivity index (χ1v) is 7.95. The van der Waals surface area contributed by atoms with Gasteiger partial charge in [0.15, 0.2) is 0 Å². The predicted molar refractivity (Wildman–Crippen MR) is 95.7 cm³/mol. The quantitative estimate of drug-likeness (QED) is 0.793. The molecule has 1 aromatic heterocycles. The minimum atomic E-state index is -0.0501. The van der Waals surface area contributed by atoms with Crippen molar-refractivity contribution in [2.45, 2.75) is 6.04 Å². The normalized spacial score (nSPS) is 15.8. The number of nitrogens with one attached hydrogen (secondary N) is 1. The lowest BCUT2D eigenvalue weighted by atomic mass is 10.0. The lowest BCUT2D eigenvalue weighted by Gasteiger charge is -2.24. The number of methoxy groups -OCH3 is 2. The maximum atomic E-state index is 5.34. The SMILES string of the molecule is COc1ccc([C@H]2C=C(c3cccc(OC)c3)Nc3ncnn32)cc1. The van der Waals surface area contributed by atoms with Crippen LogP contribution >= 0.6 is 0 Å². The van der Waals surface area contributed by atoms with E-state index in [1.54, 1.807) is 20.5 Å². The molecule has 0 spiro atoms. The minimum absolute atomic E-state index is 0.0501. The van der Waals surface area contributed by atoms with E-state index >= 15 is 0 Å². The van der Waals surface area contributed by atoms with Gasteiger partial charge in [0.05, 0.1) is 14.2 Å². The van der Waals surface area contributed by atoms with Crippen LogP contribution in [-0.2, 0) is 0 Å². The monoisotopic (exact) mass is 334 g/mol. The van der Waals surface area contributed by atoms with Gasteiger partial charge in [-0.3, -0.25) is 0 Å². The first kappa shape index (κ1) is 15.3. The molecule has 6 nitrogen and oxygen atoms in total. The molecular formula is C19H18N4O2. The Labute approximate surface area is 145 Å². The number of fused-ring (bicyclic) bond motifs is 1. The molecule has 126 valence electrons. The molecule has 0 saturated carbocycles. The Morgan fingerprint density at radius 3 is 2.56 bits per heavy atom. The van der Waals surface area contributed by atoms with Crippen molar-refractivity contribution in [3.8, 4) is 11.5 Å². The van der Waals surface area contributed by atoms with Crippen molar-refractivity contribution < 1.29 is 9.47 Å². The number of benzene rings is 2. The molecule has 2 heterocycles. The molecule has 0 radical (unpaired) electrons. The van der Waals surface area contributed by atoms with Gasteiger partial charge in [-0.05, 0) is 35.9 Å². The highest BCUT2D eigenvalue weighted by atomic mass is 16.5. The van der Waals surface area contributed by atoms with E-state index in [-0.39, 0.29) is 6.04 Å². The zero-order chi connectivity index (χ0) is 17.2. The van der Waals surface area contributed by atoms with Crippen LogP contribution in [0.2, 0.25) is 0 Å². The number of hydrogen-bond donors (Lipinski definition) is 1. The van der Waals surface area contributed by atoms with Crippen LogP contribution in [0, 0.1) is 0 Å². The summed E-state index contributed by atoms with van der Waals surface area (Å²) in [6.07, 6.45) is 3.69. The number of hydrogen-bond acceptors (Lipinski definition) is 5. The lowest BCUT2D eigenvalue weighted by molar-refractivity contribution is 0.414. The Hall–Kier alpha value is -3.28. The van der Waals surface area contributed by atoms with Crippen LogP contribution in [0.3, 0.4) is 0 Å². The third-order valence-corrected chi connectivity index (χ3v) is 4.25. The number of rotatable bonds is 4. The molecule has 0 bridgehead atoms. The fraction of sp³-hybridized carbons (Fsp3) is 0.158. The molecule has 0 aliphatic carbocycles. The zero-order valence-corrected chi connectivity index (χ0v) is 14.0. The number of ether oxygens (including phenoxy) is 2. The van der Waals surface area contributed by atoms with Gasteiger partial charge in [0.25, 0.3) is 0 Å². The Morgan fingerprint density at radius 2 is 1.80 bits per heavy atom. The van der Waals surface area contributed by atoms with E-state index < -0.39 is 0 Å². The standard InChI is InChI=1S/C19H18N4O2/c1-24-15-8-6-13(7-9-15)18-11-17(22-19-20-12-21-23(18)19)14-4-3-5-16(10-14)25-2/h3-12,18H,1-2H3,(H,20,21,22)/t18-/m1/s1. The molecule has 0 saturated heterocycles. The molecule has 3 aromatic rings. The highest BCUT2D eigenvalue weighted by Crippen LogP contribution is 2.33. The van der Waals surface area contributed by atoms with Crippen LogP contribution < -0.4 is 14.8 Å². The van der Waals surface area contributed by atoms with E-state index in [2.05, 4.69) is 21.5 Å². The Balaban J connectivity index is 1.77. The van der Waals surface area contributed by atoms with E-state index in [4.69, 9.17) is 9.47 Å². The summed E-state index contributed by atoms with van der Waals surface area (Å²) in [5.74, 6) is 2.35. The van der Waals surface area contributed by atoms with Gasteiger partial charge in [0.1, 0.15) is 23.9 Å². The number of nitrogens with zero attached hydrogens (tertiary/aromatic N) is 3. The van der Waals surface area contributed by atoms with E-state index in [1.807, 2.05) is 53.2 Å². The molecule has 1 N–H and O–H groups in total. The van der Waals surface area contributed by atoms with Gasteiger partial charge in [-0.25, -0.2) is 4.68 Å². The smallest absolute Gasteiger partial charge is 0.226 e. The third kappa shape index (κ3) is 2.82. The highest BCUT2D eigenvalue weighted by Gasteiger charge is 2.23. The first-order chi connectivity index (χ1) is 12.3. The summed E-state index contributed by atoms with van der Waals surface area (Å²) >= 11 is 0. The van der Waals surface area contributed by atoms with Crippen molar-refractivity contribution in [3.63, 3.8) is 0 Å². The predicted octanol–water partition coefficient (Wildman–Crippen LogP) is 3.35. The highest BCUT2D eigenvalue weighted by molar-refractivity contribution is 5.77. The van der Waals surface area contributed by atoms with E-state index in [1.165, 1.54) is 0 Å². The molecule has 4 rings (SSSR count). The molecular weight excluding hydrogens is 316 g/mol. The molecule has 0 fully saturated rings. The van der Waals surface area contributed by atoms with Gasteiger partial charge in [-0.15, -0.1) is 0 Å². The average Bonchev–Trinajstić information content (AvgIpc) is 3.16. The van der Waals surface area contributed by atoms with Gasteiger partial charge < -0.3 is 14.8 Å². The summed E-state index contributed by atoms with van der Waals surface area (Å²) in [5.41, 5.74) is 3.11. The zero-order valence-electron chi connectivity index (χ0n) is 14.0. The summed E-state index contributed by atoms with van der Waals surface area (Å²) < 4.78 is 12.5. The molecule has 1 aliphatic rings. The van der Waals surface area contributed by atoms with Crippen LogP contribution in [0.4, 0.5) is 5.95 Å². The Bertz CT molecular complexity index is 915. The van der Waals surface area contributed by atoms with E-state index in [0.29, 0.717) is 5.95 Å². The molecule has 6 heteroatoms. The van der Waals surface area contributed by atoms with Gasteiger partial charge in [-0.2, -0.15) is 10.1 Å². The second-order valence-electron chi connectivity index (χ2n) is 5.68. The van der Waals surface area contributed by atoms with Crippen LogP contribution in [0.15, 0.2) is 60.9 Å². The fourth-order valence-corrected chi connectivity index (χ4v) is 2.93. The van der Waals surface area contributed by atoms with Crippen molar-refractivity contribution in [2.75, 3.05) is 19.5 Å². The fourth-order valence-electron chi connectivity index (χ4n) is 2.93. The van der Waals surface area contributed by atoms with Crippen LogP contribution in [0.1, 0.15) is 17.2 Å². The second kappa shape index (κ2) is 6.32. The topological polar surface area (TPSA) is 61.2 Å². The molecule has 25 heavy (non-hydrogen) atoms. The van der Waals surface area contributed by atoms with E-state index in [9.17, 15) is 0 Å². The van der Waals surface area contributed by atoms with Crippen molar-refractivity contribution in [1.82, 2.24) is 14.8 Å². The average molecular weight is 334 g/mol. The summed E-state index contributed by atoms with van der Waals surface area (Å²) in [6.45, 7) is 0. The summed E-state index contributed by atoms with van der Waals surface area (Å²) in [7, 11) is 3.33. The van der Waals surface area contributed by atoms with Gasteiger partial charge >= 0.3 is 0 Å². The minimum Gasteiger partial charge on any atom is -0.497 e. The number of allylic oxidation sites excluding steroid dienone is 1. The molecule has 0 amide bonds. The summed E-state index contributed by atoms with van der Waals surface area (Å²) in [4.78, 5) is 4.33. The molecule has 1 aliphatic heterocycles. The largest absolute Gasteiger partial charge is 0.497 e. The lowest BCUT2D eigenvalue weighted by Crippen LogP contribution is -2.20. The van der Waals surface area contributed by atoms with Crippen molar-refractivity contribution >= 4 is 11.6 Å². The summed E-state index contributed by atoms with van der Waals surface area (Å²) in [5, 5.41) is 7.70. The Kier molecular flexibility index (Phi) is 3.85. The third-order valence-electron chi connectivity index (χ3n) is 4.25. The van der Waals surface area contributed by atoms with Crippen LogP contribution in [0.25, 0.3) is 5.70 Å². The number of anilines is 1. The van der Waals surface area contributed by atoms with Crippen molar-refractivity contribution in [1.29, 1.82) is 0 Å². The van der Waals surface area contributed by atoms with Crippen LogP contribution in [-0.4, -0.2) is 29.0 Å². The Morgan fingerprint density at radius 1 is 1.00 bits per heavy atom. The molecule has 0 unspecified atom stereocenters. The summed E-state index contributed by atoms with van der Waals surface area (Å²) in [6, 6.07) is 15.9. The molecule has 2 aromatic carbocycles. The van der Waals surface area contributed by atoms with Gasteiger partial charge in [0, 0.05) is 11.3 Å². The van der Waals surface area contributed by atoms with Crippen molar-refractivity contribution in [3.05, 3.63) is 72.1 Å². The maximum Gasteiger partial charge on any atom is 0.226 e. The van der Waals surface area contributed by atoms with Gasteiger partial charge in [-0.1, -0.05) is 24.3 Å². The number of aromatic nitrogens is 3. The first-order valence-electron chi connectivity index (χ1n) is 7.95. The van der Waals surface area contributed by atoms with Crippen LogP contribution in [0.5, 0.6) is 11.5 Å². The molecule has 1 atom stereocenters. The van der Waals surface area contributed by atoms with Crippen molar-refractivity contribution in [2.24, 2.45) is 0 Å². The van der Waals surface area contributed by atoms with Gasteiger partial charge in [0.2, 0.25) is 5.95 Å².